The van der Waals surface area contributed by atoms with Crippen LogP contribution < -0.4 is 0 Å². The van der Waals surface area contributed by atoms with Crippen molar-refractivity contribution >= 4 is 25.5 Å². The molecular formula is C45H75O14P. The molecular weight excluding hydrogens is 795 g/mol. The number of aliphatic hydroxyl groups is 5. The van der Waals surface area contributed by atoms with E-state index in [1.807, 2.05) is 12.2 Å². The molecule has 1 aliphatic carbocycles. The second-order valence-electron chi connectivity index (χ2n) is 15.2. The van der Waals surface area contributed by atoms with Crippen LogP contribution in [0.2, 0.25) is 0 Å². The second kappa shape index (κ2) is 34.8. The number of rotatable bonds is 35. The number of hydrogen-bond donors (Lipinski definition) is 6. The second-order valence-corrected chi connectivity index (χ2v) is 16.6. The van der Waals surface area contributed by atoms with E-state index in [9.17, 15) is 49.4 Å². The summed E-state index contributed by atoms with van der Waals surface area (Å²) < 4.78 is 33.4. The number of hydrogen-bond acceptors (Lipinski definition) is 13. The summed E-state index contributed by atoms with van der Waals surface area (Å²) in [5.41, 5.74) is 0. The summed E-state index contributed by atoms with van der Waals surface area (Å²) in [4.78, 5) is 47.4. The van der Waals surface area contributed by atoms with Crippen molar-refractivity contribution in [3.05, 3.63) is 60.8 Å². The third-order valence-electron chi connectivity index (χ3n) is 9.82. The van der Waals surface area contributed by atoms with Gasteiger partial charge in [0.25, 0.3) is 0 Å². The topological polar surface area (TPSA) is 227 Å². The van der Waals surface area contributed by atoms with Gasteiger partial charge in [0.2, 0.25) is 0 Å². The summed E-state index contributed by atoms with van der Waals surface area (Å²) in [7, 11) is -5.14. The van der Waals surface area contributed by atoms with Crippen molar-refractivity contribution in [3.63, 3.8) is 0 Å². The Morgan fingerprint density at radius 2 is 1.10 bits per heavy atom. The van der Waals surface area contributed by atoms with Gasteiger partial charge >= 0.3 is 19.8 Å². The summed E-state index contributed by atoms with van der Waals surface area (Å²) in [6.45, 7) is 2.97. The van der Waals surface area contributed by atoms with Crippen LogP contribution in [0.25, 0.3) is 0 Å². The van der Waals surface area contributed by atoms with Crippen LogP contribution in [-0.4, -0.2) is 104 Å². The quantitative estimate of drug-likeness (QED) is 0.00915. The van der Waals surface area contributed by atoms with Crippen LogP contribution in [0.5, 0.6) is 0 Å². The fourth-order valence-electron chi connectivity index (χ4n) is 6.22. The molecule has 14 nitrogen and oxygen atoms in total. The zero-order valence-electron chi connectivity index (χ0n) is 36.0. The Balaban J connectivity index is 2.53. The monoisotopic (exact) mass is 870 g/mol. The molecule has 0 aromatic rings. The molecule has 1 rings (SSSR count). The lowest BCUT2D eigenvalue weighted by molar-refractivity contribution is -0.220. The van der Waals surface area contributed by atoms with E-state index in [0.29, 0.717) is 19.3 Å². The fraction of sp³-hybridized carbons (Fsp3) is 0.711. The molecule has 8 atom stereocenters. The highest BCUT2D eigenvalue weighted by atomic mass is 31.2. The van der Waals surface area contributed by atoms with Gasteiger partial charge in [-0.3, -0.25) is 23.4 Å². The van der Waals surface area contributed by atoms with Gasteiger partial charge in [0.1, 0.15) is 43.2 Å². The zero-order chi connectivity index (χ0) is 44.4. The van der Waals surface area contributed by atoms with Gasteiger partial charge in [-0.1, -0.05) is 120 Å². The van der Waals surface area contributed by atoms with E-state index in [1.54, 1.807) is 12.2 Å². The molecule has 0 aliphatic heterocycles. The van der Waals surface area contributed by atoms with Crippen LogP contribution in [-0.2, 0) is 37.5 Å². The van der Waals surface area contributed by atoms with Crippen LogP contribution >= 0.6 is 7.82 Å². The average molecular weight is 871 g/mol. The van der Waals surface area contributed by atoms with Crippen molar-refractivity contribution in [2.45, 2.75) is 191 Å². The van der Waals surface area contributed by atoms with E-state index in [4.69, 9.17) is 18.5 Å². The molecule has 3 unspecified atom stereocenters. The number of aliphatic hydroxyl groups excluding tert-OH is 5. The minimum atomic E-state index is -5.14. The molecule has 0 bridgehead atoms. The van der Waals surface area contributed by atoms with Gasteiger partial charge in [-0.15, -0.1) is 0 Å². The van der Waals surface area contributed by atoms with Gasteiger partial charge in [-0.25, -0.2) is 4.57 Å². The Labute approximate surface area is 358 Å². The zero-order valence-corrected chi connectivity index (χ0v) is 36.9. The highest BCUT2D eigenvalue weighted by Gasteiger charge is 2.51. The number of unbranched alkanes of at least 4 members (excludes halogenated alkanes) is 12. The van der Waals surface area contributed by atoms with Gasteiger partial charge in [0.05, 0.1) is 6.61 Å². The number of ketones is 1. The number of esters is 2. The van der Waals surface area contributed by atoms with E-state index in [-0.39, 0.29) is 18.6 Å². The van der Waals surface area contributed by atoms with Crippen LogP contribution in [0.1, 0.15) is 149 Å². The maximum atomic E-state index is 12.8. The minimum absolute atomic E-state index is 0.0568. The first kappa shape index (κ1) is 55.2. The van der Waals surface area contributed by atoms with Crippen LogP contribution in [0.3, 0.4) is 0 Å². The molecule has 0 saturated heterocycles. The number of ether oxygens (including phenoxy) is 2. The van der Waals surface area contributed by atoms with E-state index in [0.717, 1.165) is 103 Å². The summed E-state index contributed by atoms with van der Waals surface area (Å²) in [5, 5.41) is 50.1. The Bertz CT molecular complexity index is 1340. The molecule has 6 N–H and O–H groups in total. The van der Waals surface area contributed by atoms with Crippen LogP contribution in [0.4, 0.5) is 0 Å². The molecule has 0 amide bonds. The van der Waals surface area contributed by atoms with Crippen molar-refractivity contribution in [2.75, 3.05) is 13.2 Å². The third-order valence-corrected chi connectivity index (χ3v) is 10.8. The lowest BCUT2D eigenvalue weighted by Crippen LogP contribution is -2.64. The van der Waals surface area contributed by atoms with Gasteiger partial charge in [0.15, 0.2) is 11.9 Å². The molecule has 344 valence electrons. The molecule has 0 aromatic heterocycles. The van der Waals surface area contributed by atoms with Crippen molar-refractivity contribution in [1.29, 1.82) is 0 Å². The fourth-order valence-corrected chi connectivity index (χ4v) is 7.20. The first-order valence-corrected chi connectivity index (χ1v) is 23.5. The summed E-state index contributed by atoms with van der Waals surface area (Å²) >= 11 is 0. The van der Waals surface area contributed by atoms with Gasteiger partial charge in [-0.2, -0.15) is 0 Å². The average Bonchev–Trinajstić information content (AvgIpc) is 3.22. The van der Waals surface area contributed by atoms with Crippen molar-refractivity contribution in [3.8, 4) is 0 Å². The number of carbonyl (C=O) groups is 3. The van der Waals surface area contributed by atoms with Crippen LogP contribution in [0.15, 0.2) is 60.8 Å². The first-order valence-electron chi connectivity index (χ1n) is 22.0. The van der Waals surface area contributed by atoms with Gasteiger partial charge in [-0.05, 0) is 70.3 Å². The highest BCUT2D eigenvalue weighted by molar-refractivity contribution is 7.47. The van der Waals surface area contributed by atoms with Crippen LogP contribution in [0, 0.1) is 0 Å². The van der Waals surface area contributed by atoms with E-state index >= 15 is 0 Å². The number of phosphoric ester groups is 1. The Kier molecular flexibility index (Phi) is 32.0. The van der Waals surface area contributed by atoms with Crippen molar-refractivity contribution in [2.24, 2.45) is 0 Å². The predicted octanol–water partition coefficient (Wildman–Crippen LogP) is 7.34. The van der Waals surface area contributed by atoms with E-state index < -0.39 is 75.7 Å². The smallest absolute Gasteiger partial charge is 0.462 e. The molecule has 0 spiro atoms. The molecule has 1 saturated carbocycles. The summed E-state index contributed by atoms with van der Waals surface area (Å²) in [6, 6.07) is 0. The molecule has 1 aliphatic rings. The molecule has 1 fully saturated rings. The Morgan fingerprint density at radius 3 is 1.72 bits per heavy atom. The molecule has 0 aromatic carbocycles. The maximum absolute atomic E-state index is 12.8. The third kappa shape index (κ3) is 27.2. The van der Waals surface area contributed by atoms with E-state index in [1.165, 1.54) is 0 Å². The van der Waals surface area contributed by atoms with Crippen molar-refractivity contribution in [1.82, 2.24) is 0 Å². The normalized spacial score (nSPS) is 22.7. The molecule has 60 heavy (non-hydrogen) atoms. The molecule has 0 radical (unpaired) electrons. The lowest BCUT2D eigenvalue weighted by atomic mass is 9.85. The number of allylic oxidation sites excluding steroid dienone is 10. The molecule has 15 heteroatoms. The Morgan fingerprint density at radius 1 is 0.583 bits per heavy atom. The Hall–Kier alpha value is -2.78. The highest BCUT2D eigenvalue weighted by Crippen LogP contribution is 2.47. The largest absolute Gasteiger partial charge is 0.472 e. The minimum Gasteiger partial charge on any atom is -0.462 e. The maximum Gasteiger partial charge on any atom is 0.472 e. The standard InChI is InChI=1S/C45H75O14P/c1-3-5-7-8-9-10-11-12-13-14-15-18-22-25-29-33-39(48)58-37(35-57-60(54,55)59-45-43(52)41(50)40(49)42(51)44(45)53)34-56-38(47)32-28-24-21-19-16-17-20-23-27-31-36(46)30-26-6-4-2/h5,7,9-10,12-13,20,23,27,31,37,40-45,49-53H,3-4,6,8,11,14-19,21-22,24-26,28-30,32-35H2,1-2H3,(H,54,55)/b7-5-,10-9-,13-12-,23-20-,31-27+/t37-,40?,41-,42+,43-,44-,45?/m1/s1. The van der Waals surface area contributed by atoms with Gasteiger partial charge in [0, 0.05) is 19.3 Å². The SMILES string of the molecule is CC/C=C\C/C=C\C/C=C\CCCCCCCC(=O)O[C@H](COC(=O)CCCCCCC/C=C\C=C\C(=O)CCCCC)COP(=O)(O)OC1[C@H](O)[C@H](O)C(O)[C@H](O)[C@H]1O. The lowest BCUT2D eigenvalue weighted by Gasteiger charge is -2.41. The summed E-state index contributed by atoms with van der Waals surface area (Å²) in [6.07, 6.45) is 24.0. The van der Waals surface area contributed by atoms with Gasteiger partial charge < -0.3 is 39.9 Å². The summed E-state index contributed by atoms with van der Waals surface area (Å²) in [5.74, 6) is -1.04. The van der Waals surface area contributed by atoms with E-state index in [2.05, 4.69) is 50.3 Å². The number of phosphoric acid groups is 1. The predicted molar refractivity (Wildman–Crippen MR) is 231 cm³/mol. The van der Waals surface area contributed by atoms with Crippen molar-refractivity contribution < 1.29 is 67.9 Å². The molecule has 0 heterocycles. The number of carbonyl (C=O) groups excluding carboxylic acids is 3. The first-order chi connectivity index (χ1) is 28.8.